The Kier molecular flexibility index (Phi) is 5.16. The highest BCUT2D eigenvalue weighted by Crippen LogP contribution is 2.25. The number of likely N-dealkylation sites (N-methyl/N-ethyl adjacent to an activating group) is 1. The number of nitrogens with zero attached hydrogens (tertiary/aromatic N) is 2. The number of rotatable bonds is 5. The molecule has 0 radical (unpaired) electrons. The van der Waals surface area contributed by atoms with Crippen LogP contribution in [-0.4, -0.2) is 38.4 Å². The summed E-state index contributed by atoms with van der Waals surface area (Å²) in [6.45, 7) is 3.75. The molecule has 5 nitrogen and oxygen atoms in total. The molecule has 1 aliphatic heterocycles. The smallest absolute Gasteiger partial charge is 0.252 e. The fourth-order valence-corrected chi connectivity index (χ4v) is 5.12. The molecule has 1 N–H and O–H groups in total. The Morgan fingerprint density at radius 1 is 1.50 bits per heavy atom. The van der Waals surface area contributed by atoms with Crippen LogP contribution in [0, 0.1) is 11.3 Å². The lowest BCUT2D eigenvalue weighted by atomic mass is 10.1. The standard InChI is InChI=1S/C13H19N3O2S2/c1-2-16(10-11-5-3-4-8-15-11)20(17,18)13-7-6-12(9-14)19-13/h6-7,11,15H,2-5,8,10H2,1H3. The summed E-state index contributed by atoms with van der Waals surface area (Å²) in [4.78, 5) is 0.426. The van der Waals surface area contributed by atoms with E-state index in [0.29, 0.717) is 18.0 Å². The largest absolute Gasteiger partial charge is 0.313 e. The quantitative estimate of drug-likeness (QED) is 0.899. The normalized spacial score (nSPS) is 19.9. The SMILES string of the molecule is CCN(CC1CCCCN1)S(=O)(=O)c1ccc(C#N)s1. The van der Waals surface area contributed by atoms with Crippen molar-refractivity contribution in [3.63, 3.8) is 0 Å². The molecule has 20 heavy (non-hydrogen) atoms. The van der Waals surface area contributed by atoms with E-state index >= 15 is 0 Å². The summed E-state index contributed by atoms with van der Waals surface area (Å²) in [5, 5.41) is 12.2. The number of sulfonamides is 1. The first-order valence-corrected chi connectivity index (χ1v) is 9.07. The first-order valence-electron chi connectivity index (χ1n) is 6.81. The second kappa shape index (κ2) is 6.68. The molecule has 0 amide bonds. The van der Waals surface area contributed by atoms with Gasteiger partial charge in [0, 0.05) is 19.1 Å². The van der Waals surface area contributed by atoms with Gasteiger partial charge in [-0.3, -0.25) is 0 Å². The molecular weight excluding hydrogens is 294 g/mol. The van der Waals surface area contributed by atoms with Crippen molar-refractivity contribution in [3.05, 3.63) is 17.0 Å². The minimum absolute atomic E-state index is 0.230. The molecule has 1 aromatic heterocycles. The van der Waals surface area contributed by atoms with Crippen LogP contribution in [-0.2, 0) is 10.0 Å². The molecule has 0 aromatic carbocycles. The van der Waals surface area contributed by atoms with E-state index < -0.39 is 10.0 Å². The summed E-state index contributed by atoms with van der Waals surface area (Å²) in [6.07, 6.45) is 3.32. The van der Waals surface area contributed by atoms with Crippen LogP contribution in [0.25, 0.3) is 0 Å². The Bertz CT molecular complexity index is 583. The third kappa shape index (κ3) is 3.38. The van der Waals surface area contributed by atoms with Gasteiger partial charge in [0.05, 0.1) is 0 Å². The fourth-order valence-electron chi connectivity index (χ4n) is 2.37. The topological polar surface area (TPSA) is 73.2 Å². The third-order valence-corrected chi connectivity index (χ3v) is 6.87. The van der Waals surface area contributed by atoms with Crippen molar-refractivity contribution in [2.45, 2.75) is 36.4 Å². The molecule has 1 saturated heterocycles. The van der Waals surface area contributed by atoms with Gasteiger partial charge in [-0.1, -0.05) is 13.3 Å². The molecule has 0 aliphatic carbocycles. The third-order valence-electron chi connectivity index (χ3n) is 3.47. The molecule has 1 aliphatic rings. The van der Waals surface area contributed by atoms with Crippen LogP contribution in [0.5, 0.6) is 0 Å². The molecular formula is C13H19N3O2S2. The van der Waals surface area contributed by atoms with E-state index in [9.17, 15) is 8.42 Å². The zero-order valence-corrected chi connectivity index (χ0v) is 13.1. The van der Waals surface area contributed by atoms with E-state index in [1.165, 1.54) is 10.4 Å². The number of thiophene rings is 1. The van der Waals surface area contributed by atoms with Gasteiger partial charge in [-0.15, -0.1) is 11.3 Å². The molecule has 7 heteroatoms. The minimum atomic E-state index is -3.48. The molecule has 0 bridgehead atoms. The lowest BCUT2D eigenvalue weighted by Crippen LogP contribution is -2.45. The summed E-state index contributed by atoms with van der Waals surface area (Å²) in [6, 6.07) is 5.29. The van der Waals surface area contributed by atoms with Gasteiger partial charge in [0.1, 0.15) is 15.2 Å². The van der Waals surface area contributed by atoms with Crippen LogP contribution in [0.2, 0.25) is 0 Å². The van der Waals surface area contributed by atoms with E-state index in [4.69, 9.17) is 5.26 Å². The number of hydrogen-bond acceptors (Lipinski definition) is 5. The van der Waals surface area contributed by atoms with Crippen LogP contribution in [0.15, 0.2) is 16.3 Å². The lowest BCUT2D eigenvalue weighted by molar-refractivity contribution is 0.320. The number of nitrogens with one attached hydrogen (secondary N) is 1. The van der Waals surface area contributed by atoms with Crippen molar-refractivity contribution in [2.24, 2.45) is 0 Å². The summed E-state index contributed by atoms with van der Waals surface area (Å²) in [7, 11) is -3.48. The molecule has 110 valence electrons. The molecule has 1 aromatic rings. The van der Waals surface area contributed by atoms with Crippen molar-refractivity contribution in [1.29, 1.82) is 5.26 Å². The molecule has 2 rings (SSSR count). The van der Waals surface area contributed by atoms with E-state index in [1.54, 1.807) is 6.07 Å². The number of hydrogen-bond donors (Lipinski definition) is 1. The molecule has 0 spiro atoms. The molecule has 1 atom stereocenters. The Morgan fingerprint density at radius 2 is 2.30 bits per heavy atom. The first-order chi connectivity index (χ1) is 9.57. The molecule has 2 heterocycles. The van der Waals surface area contributed by atoms with Crippen molar-refractivity contribution in [2.75, 3.05) is 19.6 Å². The zero-order chi connectivity index (χ0) is 14.6. The Labute approximate surface area is 124 Å². The van der Waals surface area contributed by atoms with Crippen molar-refractivity contribution < 1.29 is 8.42 Å². The highest BCUT2D eigenvalue weighted by molar-refractivity contribution is 7.91. The predicted octanol–water partition coefficient (Wildman–Crippen LogP) is 1.77. The van der Waals surface area contributed by atoms with Gasteiger partial charge in [-0.2, -0.15) is 9.57 Å². The Morgan fingerprint density at radius 3 is 2.85 bits per heavy atom. The van der Waals surface area contributed by atoms with Gasteiger partial charge in [0.25, 0.3) is 10.0 Å². The van der Waals surface area contributed by atoms with Gasteiger partial charge in [0.15, 0.2) is 0 Å². The van der Waals surface area contributed by atoms with E-state index in [-0.39, 0.29) is 10.3 Å². The Hall–Kier alpha value is -0.940. The maximum Gasteiger partial charge on any atom is 0.252 e. The first kappa shape index (κ1) is 15.4. The second-order valence-corrected chi connectivity index (χ2v) is 8.08. The van der Waals surface area contributed by atoms with Gasteiger partial charge in [0.2, 0.25) is 0 Å². The predicted molar refractivity (Wildman–Crippen MR) is 79.1 cm³/mol. The van der Waals surface area contributed by atoms with Crippen LogP contribution < -0.4 is 5.32 Å². The summed E-state index contributed by atoms with van der Waals surface area (Å²) >= 11 is 1.03. The van der Waals surface area contributed by atoms with E-state index in [1.807, 2.05) is 13.0 Å². The zero-order valence-electron chi connectivity index (χ0n) is 11.5. The van der Waals surface area contributed by atoms with Crippen LogP contribution in [0.4, 0.5) is 0 Å². The van der Waals surface area contributed by atoms with Gasteiger partial charge < -0.3 is 5.32 Å². The minimum Gasteiger partial charge on any atom is -0.313 e. The van der Waals surface area contributed by atoms with E-state index in [0.717, 1.165) is 37.1 Å². The fraction of sp³-hybridized carbons (Fsp3) is 0.615. The van der Waals surface area contributed by atoms with Crippen molar-refractivity contribution >= 4 is 21.4 Å². The van der Waals surface area contributed by atoms with Crippen LogP contribution in [0.1, 0.15) is 31.1 Å². The average molecular weight is 313 g/mol. The average Bonchev–Trinajstić information content (AvgIpc) is 2.95. The monoisotopic (exact) mass is 313 g/mol. The maximum absolute atomic E-state index is 12.6. The molecule has 1 fully saturated rings. The second-order valence-electron chi connectivity index (χ2n) is 4.83. The highest BCUT2D eigenvalue weighted by Gasteiger charge is 2.27. The molecule has 1 unspecified atom stereocenters. The molecule has 0 saturated carbocycles. The van der Waals surface area contributed by atoms with Gasteiger partial charge in [-0.05, 0) is 31.5 Å². The lowest BCUT2D eigenvalue weighted by Gasteiger charge is -2.29. The van der Waals surface area contributed by atoms with Crippen LogP contribution >= 0.6 is 11.3 Å². The number of piperidine rings is 1. The van der Waals surface area contributed by atoms with Crippen LogP contribution in [0.3, 0.4) is 0 Å². The highest BCUT2D eigenvalue weighted by atomic mass is 32.2. The maximum atomic E-state index is 12.6. The van der Waals surface area contributed by atoms with Crippen molar-refractivity contribution in [3.8, 4) is 6.07 Å². The summed E-state index contributed by atoms with van der Waals surface area (Å²) < 4.78 is 26.9. The Balaban J connectivity index is 2.14. The van der Waals surface area contributed by atoms with E-state index in [2.05, 4.69) is 5.32 Å². The number of nitriles is 1. The summed E-state index contributed by atoms with van der Waals surface area (Å²) in [5.74, 6) is 0. The van der Waals surface area contributed by atoms with Crippen molar-refractivity contribution in [1.82, 2.24) is 9.62 Å². The van der Waals surface area contributed by atoms with Gasteiger partial charge >= 0.3 is 0 Å². The van der Waals surface area contributed by atoms with Gasteiger partial charge in [-0.25, -0.2) is 8.42 Å². The summed E-state index contributed by atoms with van der Waals surface area (Å²) in [5.41, 5.74) is 0.